The molecule has 1 saturated heterocycles. The number of alkyl halides is 3. The Bertz CT molecular complexity index is 783. The van der Waals surface area contributed by atoms with Crippen molar-refractivity contribution in [2.45, 2.75) is 17.5 Å². The Kier molecular flexibility index (Phi) is 4.37. The van der Waals surface area contributed by atoms with E-state index in [4.69, 9.17) is 10.4 Å². The summed E-state index contributed by atoms with van der Waals surface area (Å²) in [6, 6.07) is 3.70. The summed E-state index contributed by atoms with van der Waals surface area (Å²) in [5.74, 6) is -2.14. The molecule has 0 saturated carbocycles. The number of carboxylic acid groups (broad SMARTS) is 1. The van der Waals surface area contributed by atoms with Crippen molar-refractivity contribution in [1.82, 2.24) is 4.31 Å². The number of nitriles is 1. The minimum Gasteiger partial charge on any atom is -0.481 e. The number of carboxylic acids is 1. The SMILES string of the molecule is N#Cc1ccc(S(=O)(=O)N2CCC(C(=O)O)C2)c(C(F)(F)F)c1. The van der Waals surface area contributed by atoms with Crippen LogP contribution in [0.15, 0.2) is 23.1 Å². The van der Waals surface area contributed by atoms with Crippen LogP contribution in [0.2, 0.25) is 0 Å². The van der Waals surface area contributed by atoms with Crippen LogP contribution in [0.3, 0.4) is 0 Å². The van der Waals surface area contributed by atoms with E-state index in [0.29, 0.717) is 6.07 Å². The van der Waals surface area contributed by atoms with E-state index < -0.39 is 38.5 Å². The maximum Gasteiger partial charge on any atom is 0.417 e. The van der Waals surface area contributed by atoms with E-state index in [9.17, 15) is 26.4 Å². The number of hydrogen-bond donors (Lipinski definition) is 1. The van der Waals surface area contributed by atoms with Crippen molar-refractivity contribution in [2.24, 2.45) is 5.92 Å². The Labute approximate surface area is 129 Å². The first-order chi connectivity index (χ1) is 10.6. The lowest BCUT2D eigenvalue weighted by Gasteiger charge is -2.19. The van der Waals surface area contributed by atoms with Crippen molar-refractivity contribution in [3.63, 3.8) is 0 Å². The molecule has 1 N–H and O–H groups in total. The topological polar surface area (TPSA) is 98.5 Å². The molecule has 6 nitrogen and oxygen atoms in total. The number of benzene rings is 1. The van der Waals surface area contributed by atoms with Gasteiger partial charge in [-0.2, -0.15) is 22.7 Å². The van der Waals surface area contributed by atoms with E-state index in [1.807, 2.05) is 0 Å². The van der Waals surface area contributed by atoms with Crippen molar-refractivity contribution >= 4 is 16.0 Å². The Morgan fingerprint density at radius 2 is 2.04 bits per heavy atom. The highest BCUT2D eigenvalue weighted by Crippen LogP contribution is 2.37. The average molecular weight is 348 g/mol. The zero-order chi connectivity index (χ0) is 17.4. The molecule has 2 rings (SSSR count). The van der Waals surface area contributed by atoms with Crippen LogP contribution in [-0.4, -0.2) is 36.9 Å². The summed E-state index contributed by atoms with van der Waals surface area (Å²) in [6.07, 6.45) is -4.92. The van der Waals surface area contributed by atoms with Gasteiger partial charge in [0.1, 0.15) is 0 Å². The normalized spacial score (nSPS) is 19.5. The van der Waals surface area contributed by atoms with Gasteiger partial charge >= 0.3 is 12.1 Å². The molecule has 0 amide bonds. The Balaban J connectivity index is 2.49. The number of rotatable bonds is 3. The van der Waals surface area contributed by atoms with E-state index in [1.54, 1.807) is 0 Å². The number of nitrogens with zero attached hydrogens (tertiary/aromatic N) is 2. The van der Waals surface area contributed by atoms with Gasteiger partial charge in [-0.05, 0) is 24.6 Å². The Morgan fingerprint density at radius 1 is 1.39 bits per heavy atom. The van der Waals surface area contributed by atoms with Crippen LogP contribution in [0.4, 0.5) is 13.2 Å². The van der Waals surface area contributed by atoms with Gasteiger partial charge in [0, 0.05) is 13.1 Å². The van der Waals surface area contributed by atoms with Gasteiger partial charge in [0.15, 0.2) is 0 Å². The van der Waals surface area contributed by atoms with Gasteiger partial charge in [-0.3, -0.25) is 4.79 Å². The van der Waals surface area contributed by atoms with Gasteiger partial charge in [-0.15, -0.1) is 0 Å². The summed E-state index contributed by atoms with van der Waals surface area (Å²) in [6.45, 7) is -0.550. The Hall–Kier alpha value is -2.12. The van der Waals surface area contributed by atoms with Crippen molar-refractivity contribution < 1.29 is 31.5 Å². The van der Waals surface area contributed by atoms with E-state index in [-0.39, 0.29) is 25.1 Å². The van der Waals surface area contributed by atoms with Crippen molar-refractivity contribution in [2.75, 3.05) is 13.1 Å². The van der Waals surface area contributed by atoms with Crippen LogP contribution in [0.1, 0.15) is 17.5 Å². The van der Waals surface area contributed by atoms with E-state index in [0.717, 1.165) is 16.4 Å². The summed E-state index contributed by atoms with van der Waals surface area (Å²) >= 11 is 0. The summed E-state index contributed by atoms with van der Waals surface area (Å²) in [7, 11) is -4.50. The van der Waals surface area contributed by atoms with Crippen LogP contribution < -0.4 is 0 Å². The maximum atomic E-state index is 13.1. The van der Waals surface area contributed by atoms with Crippen molar-refractivity contribution in [1.29, 1.82) is 5.26 Å². The van der Waals surface area contributed by atoms with Gasteiger partial charge in [-0.1, -0.05) is 0 Å². The molecule has 1 aliphatic heterocycles. The van der Waals surface area contributed by atoms with Gasteiger partial charge < -0.3 is 5.11 Å². The maximum absolute atomic E-state index is 13.1. The lowest BCUT2D eigenvalue weighted by Crippen LogP contribution is -2.31. The average Bonchev–Trinajstić information content (AvgIpc) is 2.96. The zero-order valence-electron chi connectivity index (χ0n) is 11.5. The van der Waals surface area contributed by atoms with E-state index in [2.05, 4.69) is 0 Å². The molecule has 0 bridgehead atoms. The second kappa shape index (κ2) is 5.82. The molecule has 124 valence electrons. The fourth-order valence-electron chi connectivity index (χ4n) is 2.33. The molecule has 1 aromatic carbocycles. The highest BCUT2D eigenvalue weighted by molar-refractivity contribution is 7.89. The highest BCUT2D eigenvalue weighted by Gasteiger charge is 2.42. The Morgan fingerprint density at radius 3 is 2.52 bits per heavy atom. The number of halogens is 3. The first kappa shape index (κ1) is 17.2. The molecule has 10 heteroatoms. The smallest absolute Gasteiger partial charge is 0.417 e. The number of carbonyl (C=O) groups is 1. The molecule has 0 aromatic heterocycles. The number of sulfonamides is 1. The van der Waals surface area contributed by atoms with Gasteiger partial charge in [0.25, 0.3) is 0 Å². The molecule has 1 aliphatic rings. The monoisotopic (exact) mass is 348 g/mol. The van der Waals surface area contributed by atoms with Crippen LogP contribution >= 0.6 is 0 Å². The summed E-state index contributed by atoms with van der Waals surface area (Å²) in [5, 5.41) is 17.6. The third-order valence-corrected chi connectivity index (χ3v) is 5.46. The van der Waals surface area contributed by atoms with Gasteiger partial charge in [0.05, 0.1) is 28.0 Å². The van der Waals surface area contributed by atoms with Crippen LogP contribution in [0, 0.1) is 17.2 Å². The predicted molar refractivity (Wildman–Crippen MR) is 70.7 cm³/mol. The molecule has 0 aliphatic carbocycles. The lowest BCUT2D eigenvalue weighted by molar-refractivity contribution is -0.141. The zero-order valence-corrected chi connectivity index (χ0v) is 12.4. The second-order valence-electron chi connectivity index (χ2n) is 5.01. The number of aliphatic carboxylic acids is 1. The van der Waals surface area contributed by atoms with Gasteiger partial charge in [0.2, 0.25) is 10.0 Å². The molecule has 23 heavy (non-hydrogen) atoms. The summed E-state index contributed by atoms with van der Waals surface area (Å²) < 4.78 is 64.9. The molecule has 0 spiro atoms. The molecule has 1 fully saturated rings. The van der Waals surface area contributed by atoms with E-state index >= 15 is 0 Å². The molecule has 1 unspecified atom stereocenters. The number of hydrogen-bond acceptors (Lipinski definition) is 4. The molecule has 1 aromatic rings. The second-order valence-corrected chi connectivity index (χ2v) is 6.91. The minimum absolute atomic E-state index is 0.0339. The summed E-state index contributed by atoms with van der Waals surface area (Å²) in [5.41, 5.74) is -1.75. The molecule has 1 atom stereocenters. The third-order valence-electron chi connectivity index (χ3n) is 3.53. The largest absolute Gasteiger partial charge is 0.481 e. The fraction of sp³-hybridized carbons (Fsp3) is 0.385. The van der Waals surface area contributed by atoms with Crippen LogP contribution in [0.25, 0.3) is 0 Å². The molecule has 0 radical (unpaired) electrons. The standard InChI is InChI=1S/C13H11F3N2O4S/c14-13(15,16)10-5-8(6-17)1-2-11(10)23(21,22)18-4-3-9(7-18)12(19)20/h1-2,5,9H,3-4,7H2,(H,19,20). The molecular formula is C13H11F3N2O4S. The first-order valence-corrected chi connectivity index (χ1v) is 7.85. The predicted octanol–water partition coefficient (Wildman–Crippen LogP) is 1.67. The quantitative estimate of drug-likeness (QED) is 0.896. The summed E-state index contributed by atoms with van der Waals surface area (Å²) in [4.78, 5) is 9.91. The molecular weight excluding hydrogens is 337 g/mol. The van der Waals surface area contributed by atoms with E-state index in [1.165, 1.54) is 6.07 Å². The van der Waals surface area contributed by atoms with Crippen molar-refractivity contribution in [3.05, 3.63) is 29.3 Å². The molecule has 1 heterocycles. The third kappa shape index (κ3) is 3.30. The van der Waals surface area contributed by atoms with Crippen LogP contribution in [-0.2, 0) is 21.0 Å². The van der Waals surface area contributed by atoms with Crippen LogP contribution in [0.5, 0.6) is 0 Å². The highest BCUT2D eigenvalue weighted by atomic mass is 32.2. The van der Waals surface area contributed by atoms with Crippen molar-refractivity contribution in [3.8, 4) is 6.07 Å². The van der Waals surface area contributed by atoms with Gasteiger partial charge in [-0.25, -0.2) is 8.42 Å². The first-order valence-electron chi connectivity index (χ1n) is 6.41. The minimum atomic E-state index is -4.96. The fourth-order valence-corrected chi connectivity index (χ4v) is 4.03. The lowest BCUT2D eigenvalue weighted by atomic mass is 10.1.